The molecule has 0 atom stereocenters. The van der Waals surface area contributed by atoms with Crippen LogP contribution in [0.3, 0.4) is 0 Å². The van der Waals surface area contributed by atoms with Crippen LogP contribution < -0.4 is 10.5 Å². The summed E-state index contributed by atoms with van der Waals surface area (Å²) in [5.74, 6) is 0.396. The number of carbonyl (C=O) groups excluding carboxylic acids is 1. The molecule has 2 aromatic rings. The van der Waals surface area contributed by atoms with Crippen LogP contribution in [0.2, 0.25) is 0 Å². The molecule has 9 nitrogen and oxygen atoms in total. The van der Waals surface area contributed by atoms with E-state index in [1.807, 2.05) is 24.3 Å². The summed E-state index contributed by atoms with van der Waals surface area (Å²) >= 11 is 0. The summed E-state index contributed by atoms with van der Waals surface area (Å²) in [7, 11) is -3.24. The van der Waals surface area contributed by atoms with Gasteiger partial charge in [0.1, 0.15) is 0 Å². The third-order valence-corrected chi connectivity index (χ3v) is 7.40. The number of aromatic nitrogens is 2. The van der Waals surface area contributed by atoms with Crippen LogP contribution >= 0.6 is 0 Å². The molecule has 1 aromatic carbocycles. The number of carbonyl (C=O) groups is 1. The lowest BCUT2D eigenvalue weighted by atomic mass is 10.1. The van der Waals surface area contributed by atoms with Gasteiger partial charge in [-0.1, -0.05) is 12.1 Å². The molecular weight excluding hydrogens is 418 g/mol. The fourth-order valence-electron chi connectivity index (χ4n) is 4.35. The van der Waals surface area contributed by atoms with Crippen molar-refractivity contribution in [2.24, 2.45) is 0 Å². The predicted molar refractivity (Wildman–Crippen MR) is 120 cm³/mol. The predicted octanol–water partition coefficient (Wildman–Crippen LogP) is 0.881. The SMILES string of the molecule is CS(=O)(=O)N1CCN(C(=O)CCn2c(=O)c(N3CCCCC3)nc3ccccc32)CC1. The summed E-state index contributed by atoms with van der Waals surface area (Å²) in [5, 5.41) is 0. The van der Waals surface area contributed by atoms with Gasteiger partial charge in [-0.15, -0.1) is 0 Å². The summed E-state index contributed by atoms with van der Waals surface area (Å²) in [6.07, 6.45) is 4.63. The second-order valence-electron chi connectivity index (χ2n) is 8.22. The summed E-state index contributed by atoms with van der Waals surface area (Å²) in [6.45, 7) is 3.28. The lowest BCUT2D eigenvalue weighted by Gasteiger charge is -2.33. The number of benzene rings is 1. The molecule has 0 saturated carbocycles. The van der Waals surface area contributed by atoms with Gasteiger partial charge in [-0.3, -0.25) is 9.59 Å². The Labute approximate surface area is 182 Å². The van der Waals surface area contributed by atoms with Gasteiger partial charge in [0.05, 0.1) is 17.3 Å². The maximum atomic E-state index is 13.3. The Morgan fingerprint density at radius 2 is 1.68 bits per heavy atom. The van der Waals surface area contributed by atoms with Crippen molar-refractivity contribution in [1.29, 1.82) is 0 Å². The molecule has 31 heavy (non-hydrogen) atoms. The zero-order valence-electron chi connectivity index (χ0n) is 17.9. The van der Waals surface area contributed by atoms with Gasteiger partial charge in [0.2, 0.25) is 15.9 Å². The van der Waals surface area contributed by atoms with Crippen LogP contribution in [0.4, 0.5) is 5.82 Å². The van der Waals surface area contributed by atoms with Crippen LogP contribution in [0.1, 0.15) is 25.7 Å². The van der Waals surface area contributed by atoms with Crippen molar-refractivity contribution < 1.29 is 13.2 Å². The normalized spacial score (nSPS) is 18.5. The minimum atomic E-state index is -3.24. The van der Waals surface area contributed by atoms with Crippen molar-refractivity contribution in [2.75, 3.05) is 50.4 Å². The van der Waals surface area contributed by atoms with Gasteiger partial charge < -0.3 is 14.4 Å². The van der Waals surface area contributed by atoms with E-state index in [1.165, 1.54) is 17.0 Å². The highest BCUT2D eigenvalue weighted by Gasteiger charge is 2.26. The molecule has 0 radical (unpaired) electrons. The molecule has 0 bridgehead atoms. The Morgan fingerprint density at radius 3 is 2.35 bits per heavy atom. The molecule has 2 aliphatic rings. The van der Waals surface area contributed by atoms with E-state index in [0.717, 1.165) is 37.0 Å². The Balaban J connectivity index is 1.52. The van der Waals surface area contributed by atoms with Gasteiger partial charge in [-0.2, -0.15) is 4.31 Å². The Hall–Kier alpha value is -2.46. The van der Waals surface area contributed by atoms with E-state index in [-0.39, 0.29) is 24.4 Å². The molecule has 2 aliphatic heterocycles. The van der Waals surface area contributed by atoms with Gasteiger partial charge in [-0.25, -0.2) is 13.4 Å². The van der Waals surface area contributed by atoms with Crippen LogP contribution in [0.5, 0.6) is 0 Å². The molecule has 0 spiro atoms. The number of sulfonamides is 1. The van der Waals surface area contributed by atoms with Crippen LogP contribution in [0, 0.1) is 0 Å². The van der Waals surface area contributed by atoms with Crippen molar-refractivity contribution in [1.82, 2.24) is 18.8 Å². The summed E-state index contributed by atoms with van der Waals surface area (Å²) in [6, 6.07) is 7.52. The quantitative estimate of drug-likeness (QED) is 0.675. The largest absolute Gasteiger partial charge is 0.352 e. The van der Waals surface area contributed by atoms with Crippen molar-refractivity contribution in [3.8, 4) is 0 Å². The lowest BCUT2D eigenvalue weighted by molar-refractivity contribution is -0.132. The fraction of sp³-hybridized carbons (Fsp3) is 0.571. The molecule has 168 valence electrons. The molecule has 4 rings (SSSR count). The number of rotatable bonds is 5. The first-order chi connectivity index (χ1) is 14.8. The number of aryl methyl sites for hydroxylation is 1. The monoisotopic (exact) mass is 447 g/mol. The highest BCUT2D eigenvalue weighted by atomic mass is 32.2. The second-order valence-corrected chi connectivity index (χ2v) is 10.2. The number of piperidine rings is 1. The number of amides is 1. The Bertz CT molecular complexity index is 1120. The topological polar surface area (TPSA) is 95.8 Å². The zero-order valence-corrected chi connectivity index (χ0v) is 18.7. The average Bonchev–Trinajstić information content (AvgIpc) is 2.78. The van der Waals surface area contributed by atoms with Crippen molar-refractivity contribution in [2.45, 2.75) is 32.2 Å². The minimum Gasteiger partial charge on any atom is -0.352 e. The van der Waals surface area contributed by atoms with Crippen molar-refractivity contribution >= 4 is 32.8 Å². The number of piperazine rings is 1. The van der Waals surface area contributed by atoms with E-state index < -0.39 is 10.0 Å². The highest BCUT2D eigenvalue weighted by molar-refractivity contribution is 7.88. The number of anilines is 1. The molecule has 0 N–H and O–H groups in total. The smallest absolute Gasteiger partial charge is 0.294 e. The van der Waals surface area contributed by atoms with Gasteiger partial charge >= 0.3 is 0 Å². The summed E-state index contributed by atoms with van der Waals surface area (Å²) in [5.41, 5.74) is 1.31. The fourth-order valence-corrected chi connectivity index (χ4v) is 5.17. The molecule has 0 aliphatic carbocycles. The number of para-hydroxylation sites is 2. The molecular formula is C21H29N5O4S. The van der Waals surface area contributed by atoms with Crippen LogP contribution in [0.15, 0.2) is 29.1 Å². The molecule has 1 aromatic heterocycles. The number of nitrogens with zero attached hydrogens (tertiary/aromatic N) is 5. The van der Waals surface area contributed by atoms with Crippen molar-refractivity contribution in [3.63, 3.8) is 0 Å². The van der Waals surface area contributed by atoms with Crippen LogP contribution in [-0.2, 0) is 21.4 Å². The first-order valence-corrected chi connectivity index (χ1v) is 12.7. The van der Waals surface area contributed by atoms with Gasteiger partial charge in [0.15, 0.2) is 5.82 Å². The van der Waals surface area contributed by atoms with E-state index in [0.29, 0.717) is 32.0 Å². The van der Waals surface area contributed by atoms with Gasteiger partial charge in [0.25, 0.3) is 5.56 Å². The van der Waals surface area contributed by atoms with Crippen molar-refractivity contribution in [3.05, 3.63) is 34.6 Å². The molecule has 0 unspecified atom stereocenters. The molecule has 2 fully saturated rings. The summed E-state index contributed by atoms with van der Waals surface area (Å²) in [4.78, 5) is 34.4. The van der Waals surface area contributed by atoms with E-state index in [1.54, 1.807) is 9.47 Å². The van der Waals surface area contributed by atoms with Crippen LogP contribution in [0.25, 0.3) is 11.0 Å². The third kappa shape index (κ3) is 4.74. The highest BCUT2D eigenvalue weighted by Crippen LogP contribution is 2.19. The Morgan fingerprint density at radius 1 is 1.00 bits per heavy atom. The molecule has 3 heterocycles. The third-order valence-electron chi connectivity index (χ3n) is 6.10. The molecule has 10 heteroatoms. The zero-order chi connectivity index (χ0) is 22.0. The maximum Gasteiger partial charge on any atom is 0.294 e. The van der Waals surface area contributed by atoms with Gasteiger partial charge in [0, 0.05) is 52.2 Å². The molecule has 1 amide bonds. The first kappa shape index (κ1) is 21.8. The van der Waals surface area contributed by atoms with E-state index >= 15 is 0 Å². The number of hydrogen-bond donors (Lipinski definition) is 0. The maximum absolute atomic E-state index is 13.3. The summed E-state index contributed by atoms with van der Waals surface area (Å²) < 4.78 is 26.4. The van der Waals surface area contributed by atoms with E-state index in [9.17, 15) is 18.0 Å². The number of hydrogen-bond acceptors (Lipinski definition) is 6. The van der Waals surface area contributed by atoms with Crippen LogP contribution in [-0.4, -0.2) is 78.6 Å². The van der Waals surface area contributed by atoms with E-state index in [4.69, 9.17) is 0 Å². The standard InChI is InChI=1S/C21H29N5O4S/c1-31(29,30)25-15-13-23(14-16-25)19(27)9-12-26-18-8-4-3-7-17(18)22-20(21(26)28)24-10-5-2-6-11-24/h3-4,7-8H,2,5-6,9-16H2,1H3. The number of fused-ring (bicyclic) bond motifs is 1. The average molecular weight is 448 g/mol. The molecule has 2 saturated heterocycles. The first-order valence-electron chi connectivity index (χ1n) is 10.8. The Kier molecular flexibility index (Phi) is 6.29. The lowest BCUT2D eigenvalue weighted by Crippen LogP contribution is -2.50. The van der Waals surface area contributed by atoms with Gasteiger partial charge in [-0.05, 0) is 31.4 Å². The second kappa shape index (κ2) is 8.96. The minimum absolute atomic E-state index is 0.0690. The van der Waals surface area contributed by atoms with E-state index in [2.05, 4.69) is 9.88 Å².